The van der Waals surface area contributed by atoms with Crippen molar-refractivity contribution in [2.75, 3.05) is 6.54 Å². The molecule has 0 fully saturated rings. The SMILES string of the molecule is CC(C)C(=O)N1CCc2c(c(-c3cccc(C#N)c3)nn2C2c3cc(F)cc(F)c3CC2O)C1. The van der Waals surface area contributed by atoms with Crippen LogP contribution in [0.15, 0.2) is 36.4 Å². The van der Waals surface area contributed by atoms with Gasteiger partial charge in [-0.1, -0.05) is 26.0 Å². The molecule has 174 valence electrons. The lowest BCUT2D eigenvalue weighted by molar-refractivity contribution is -0.135. The molecule has 3 aromatic rings. The predicted molar refractivity (Wildman–Crippen MR) is 121 cm³/mol. The van der Waals surface area contributed by atoms with Crippen LogP contribution in [0.3, 0.4) is 0 Å². The van der Waals surface area contributed by atoms with E-state index in [-0.39, 0.29) is 18.2 Å². The molecule has 0 saturated carbocycles. The van der Waals surface area contributed by atoms with E-state index in [1.165, 1.54) is 6.07 Å². The summed E-state index contributed by atoms with van der Waals surface area (Å²) < 4.78 is 30.3. The molecule has 1 aliphatic heterocycles. The lowest BCUT2D eigenvalue weighted by Gasteiger charge is -2.30. The average molecular weight is 463 g/mol. The van der Waals surface area contributed by atoms with Gasteiger partial charge >= 0.3 is 0 Å². The largest absolute Gasteiger partial charge is 0.390 e. The molecule has 2 unspecified atom stereocenters. The van der Waals surface area contributed by atoms with Gasteiger partial charge in [-0.05, 0) is 29.3 Å². The van der Waals surface area contributed by atoms with E-state index in [9.17, 15) is 23.9 Å². The number of benzene rings is 2. The normalized spacial score (nSPS) is 19.1. The van der Waals surface area contributed by atoms with Gasteiger partial charge in [0, 0.05) is 54.7 Å². The minimum Gasteiger partial charge on any atom is -0.390 e. The van der Waals surface area contributed by atoms with Crippen LogP contribution in [-0.4, -0.2) is 38.3 Å². The molecular formula is C26H24F2N4O2. The van der Waals surface area contributed by atoms with Crippen LogP contribution < -0.4 is 0 Å². The van der Waals surface area contributed by atoms with E-state index in [4.69, 9.17) is 5.10 Å². The van der Waals surface area contributed by atoms with Gasteiger partial charge in [-0.3, -0.25) is 9.48 Å². The average Bonchev–Trinajstić information content (AvgIpc) is 3.35. The third-order valence-electron chi connectivity index (χ3n) is 6.71. The number of rotatable bonds is 3. The van der Waals surface area contributed by atoms with Gasteiger partial charge in [0.2, 0.25) is 5.91 Å². The lowest BCUT2D eigenvalue weighted by Crippen LogP contribution is -2.39. The first-order chi connectivity index (χ1) is 16.3. The first-order valence-corrected chi connectivity index (χ1v) is 11.3. The summed E-state index contributed by atoms with van der Waals surface area (Å²) in [6, 6.07) is 10.5. The van der Waals surface area contributed by atoms with Crippen molar-refractivity contribution in [3.05, 3.63) is 76.0 Å². The third-order valence-corrected chi connectivity index (χ3v) is 6.71. The molecule has 0 bridgehead atoms. The summed E-state index contributed by atoms with van der Waals surface area (Å²) >= 11 is 0. The molecule has 0 radical (unpaired) electrons. The van der Waals surface area contributed by atoms with E-state index in [0.29, 0.717) is 47.5 Å². The highest BCUT2D eigenvalue weighted by molar-refractivity contribution is 5.79. The number of aliphatic hydroxyl groups excluding tert-OH is 1. The van der Waals surface area contributed by atoms with E-state index >= 15 is 0 Å². The van der Waals surface area contributed by atoms with Crippen LogP contribution in [0.1, 0.15) is 47.8 Å². The van der Waals surface area contributed by atoms with E-state index in [1.54, 1.807) is 27.8 Å². The van der Waals surface area contributed by atoms with Crippen molar-refractivity contribution in [1.82, 2.24) is 14.7 Å². The Labute approximate surface area is 196 Å². The Kier molecular flexibility index (Phi) is 5.45. The zero-order valence-electron chi connectivity index (χ0n) is 18.9. The fourth-order valence-corrected chi connectivity index (χ4v) is 5.12. The Balaban J connectivity index is 1.68. The first kappa shape index (κ1) is 22.2. The van der Waals surface area contributed by atoms with Crippen LogP contribution in [0.2, 0.25) is 0 Å². The number of carbonyl (C=O) groups excluding carboxylic acids is 1. The lowest BCUT2D eigenvalue weighted by atomic mass is 9.98. The van der Waals surface area contributed by atoms with Gasteiger partial charge < -0.3 is 10.0 Å². The predicted octanol–water partition coefficient (Wildman–Crippen LogP) is 3.75. The summed E-state index contributed by atoms with van der Waals surface area (Å²) in [4.78, 5) is 14.5. The summed E-state index contributed by atoms with van der Waals surface area (Å²) in [5.41, 5.74) is 4.12. The van der Waals surface area contributed by atoms with Crippen LogP contribution in [0.5, 0.6) is 0 Å². The zero-order valence-corrected chi connectivity index (χ0v) is 18.9. The van der Waals surface area contributed by atoms with Crippen LogP contribution in [-0.2, 0) is 24.2 Å². The van der Waals surface area contributed by atoms with E-state index in [2.05, 4.69) is 6.07 Å². The van der Waals surface area contributed by atoms with Crippen molar-refractivity contribution in [2.45, 2.75) is 45.4 Å². The summed E-state index contributed by atoms with van der Waals surface area (Å²) in [5.74, 6) is -1.50. The van der Waals surface area contributed by atoms with Crippen LogP contribution in [0.25, 0.3) is 11.3 Å². The molecule has 2 atom stereocenters. The van der Waals surface area contributed by atoms with Gasteiger partial charge in [-0.25, -0.2) is 8.78 Å². The number of amides is 1. The Morgan fingerprint density at radius 3 is 2.76 bits per heavy atom. The topological polar surface area (TPSA) is 82.2 Å². The Morgan fingerprint density at radius 2 is 2.03 bits per heavy atom. The summed E-state index contributed by atoms with van der Waals surface area (Å²) in [7, 11) is 0. The summed E-state index contributed by atoms with van der Waals surface area (Å²) in [5, 5.41) is 25.1. The molecule has 34 heavy (non-hydrogen) atoms. The van der Waals surface area contributed by atoms with Crippen molar-refractivity contribution in [1.29, 1.82) is 5.26 Å². The number of aliphatic hydroxyl groups is 1. The third kappa shape index (κ3) is 3.57. The number of nitrogens with zero attached hydrogens (tertiary/aromatic N) is 4. The smallest absolute Gasteiger partial charge is 0.225 e. The maximum Gasteiger partial charge on any atom is 0.225 e. The molecule has 1 aliphatic carbocycles. The van der Waals surface area contributed by atoms with Crippen molar-refractivity contribution < 1.29 is 18.7 Å². The van der Waals surface area contributed by atoms with Crippen LogP contribution in [0, 0.1) is 28.9 Å². The standard InChI is InChI=1S/C26H24F2N4O2/c1-14(2)26(34)31-7-6-22-20(13-31)24(16-5-3-4-15(8-16)12-29)30-32(22)25-19-9-17(27)10-21(28)18(19)11-23(25)33/h3-5,8-10,14,23,25,33H,6-7,11,13H2,1-2H3. The van der Waals surface area contributed by atoms with Gasteiger partial charge in [0.05, 0.1) is 23.4 Å². The Hall–Kier alpha value is -3.57. The molecule has 0 saturated heterocycles. The van der Waals surface area contributed by atoms with Crippen molar-refractivity contribution in [3.8, 4) is 17.3 Å². The van der Waals surface area contributed by atoms with Gasteiger partial charge in [-0.2, -0.15) is 10.4 Å². The summed E-state index contributed by atoms with van der Waals surface area (Å²) in [6.07, 6.45) is -0.406. The number of halogens is 2. The van der Waals surface area contributed by atoms with Gasteiger partial charge in [0.15, 0.2) is 0 Å². The molecule has 1 N–H and O–H groups in total. The quantitative estimate of drug-likeness (QED) is 0.643. The second-order valence-electron chi connectivity index (χ2n) is 9.25. The van der Waals surface area contributed by atoms with E-state index in [1.807, 2.05) is 19.9 Å². The maximum atomic E-state index is 14.5. The number of fused-ring (bicyclic) bond motifs is 2. The summed E-state index contributed by atoms with van der Waals surface area (Å²) in [6.45, 7) is 4.53. The van der Waals surface area contributed by atoms with Gasteiger partial charge in [-0.15, -0.1) is 0 Å². The van der Waals surface area contributed by atoms with E-state index < -0.39 is 23.8 Å². The molecule has 1 amide bonds. The molecule has 6 nitrogen and oxygen atoms in total. The molecule has 2 heterocycles. The fraction of sp³-hybridized carbons (Fsp3) is 0.346. The second-order valence-corrected chi connectivity index (χ2v) is 9.25. The second kappa shape index (κ2) is 8.33. The maximum absolute atomic E-state index is 14.5. The molecule has 0 spiro atoms. The van der Waals surface area contributed by atoms with Crippen LogP contribution >= 0.6 is 0 Å². The molecule has 2 aromatic carbocycles. The molecule has 2 aliphatic rings. The molecule has 1 aromatic heterocycles. The number of hydrogen-bond donors (Lipinski definition) is 1. The first-order valence-electron chi connectivity index (χ1n) is 11.3. The van der Waals surface area contributed by atoms with Crippen LogP contribution in [0.4, 0.5) is 8.78 Å². The zero-order chi connectivity index (χ0) is 24.1. The molecule has 8 heteroatoms. The highest BCUT2D eigenvalue weighted by atomic mass is 19.1. The highest BCUT2D eigenvalue weighted by Crippen LogP contribution is 2.40. The number of nitriles is 1. The van der Waals surface area contributed by atoms with Crippen molar-refractivity contribution >= 4 is 5.91 Å². The molecular weight excluding hydrogens is 438 g/mol. The fourth-order valence-electron chi connectivity index (χ4n) is 5.12. The molecule has 5 rings (SSSR count). The Morgan fingerprint density at radius 1 is 1.24 bits per heavy atom. The number of carbonyl (C=O) groups is 1. The highest BCUT2D eigenvalue weighted by Gasteiger charge is 2.39. The van der Waals surface area contributed by atoms with Gasteiger partial charge in [0.1, 0.15) is 17.7 Å². The van der Waals surface area contributed by atoms with E-state index in [0.717, 1.165) is 17.3 Å². The minimum absolute atomic E-state index is 0.0329. The van der Waals surface area contributed by atoms with Crippen molar-refractivity contribution in [3.63, 3.8) is 0 Å². The van der Waals surface area contributed by atoms with Crippen molar-refractivity contribution in [2.24, 2.45) is 5.92 Å². The number of aromatic nitrogens is 2. The van der Waals surface area contributed by atoms with Gasteiger partial charge in [0.25, 0.3) is 0 Å². The monoisotopic (exact) mass is 462 g/mol. The Bertz CT molecular complexity index is 1340. The minimum atomic E-state index is -0.969. The number of hydrogen-bond acceptors (Lipinski definition) is 4.